The molecule has 1 N–H and O–H groups in total. The average Bonchev–Trinajstić information content (AvgIpc) is 2.88. The number of imidazole rings is 1. The van der Waals surface area contributed by atoms with Crippen molar-refractivity contribution in [2.75, 3.05) is 12.4 Å². The van der Waals surface area contributed by atoms with Gasteiger partial charge in [-0.05, 0) is 36.4 Å². The van der Waals surface area contributed by atoms with Crippen LogP contribution in [0, 0.1) is 0 Å². The van der Waals surface area contributed by atoms with Gasteiger partial charge in [-0.15, -0.1) is 0 Å². The first-order chi connectivity index (χ1) is 10.6. The number of carbonyl (C=O) groups is 1. The van der Waals surface area contributed by atoms with E-state index in [-0.39, 0.29) is 5.91 Å². The topological polar surface area (TPSA) is 56.1 Å². The van der Waals surface area contributed by atoms with Gasteiger partial charge in [0.25, 0.3) is 5.91 Å². The fourth-order valence-electron chi connectivity index (χ4n) is 2.25. The second kappa shape index (κ2) is 5.69. The molecule has 22 heavy (non-hydrogen) atoms. The van der Waals surface area contributed by atoms with Crippen LogP contribution in [0.5, 0.6) is 5.75 Å². The van der Waals surface area contributed by atoms with Crippen LogP contribution < -0.4 is 10.1 Å². The molecule has 0 saturated heterocycles. The van der Waals surface area contributed by atoms with Crippen LogP contribution in [0.25, 0.3) is 11.0 Å². The van der Waals surface area contributed by atoms with Crippen molar-refractivity contribution in [2.24, 2.45) is 7.05 Å². The Morgan fingerprint density at radius 1 is 1.27 bits per heavy atom. The largest absolute Gasteiger partial charge is 0.495 e. The Kier molecular flexibility index (Phi) is 3.73. The van der Waals surface area contributed by atoms with Crippen molar-refractivity contribution in [3.05, 3.63) is 53.3 Å². The van der Waals surface area contributed by atoms with E-state index in [4.69, 9.17) is 16.3 Å². The van der Waals surface area contributed by atoms with Crippen molar-refractivity contribution in [3.63, 3.8) is 0 Å². The van der Waals surface area contributed by atoms with Crippen molar-refractivity contribution in [1.29, 1.82) is 0 Å². The number of aromatic nitrogens is 2. The molecule has 0 atom stereocenters. The molecule has 5 nitrogen and oxygen atoms in total. The number of nitrogens with zero attached hydrogens (tertiary/aromatic N) is 2. The summed E-state index contributed by atoms with van der Waals surface area (Å²) in [5, 5.41) is 3.33. The van der Waals surface area contributed by atoms with Gasteiger partial charge in [0.05, 0.1) is 30.2 Å². The summed E-state index contributed by atoms with van der Waals surface area (Å²) in [6.07, 6.45) is 1.71. The van der Waals surface area contributed by atoms with Crippen LogP contribution >= 0.6 is 11.6 Å². The van der Waals surface area contributed by atoms with Crippen LogP contribution in [0.3, 0.4) is 0 Å². The smallest absolute Gasteiger partial charge is 0.255 e. The van der Waals surface area contributed by atoms with Gasteiger partial charge < -0.3 is 14.6 Å². The van der Waals surface area contributed by atoms with E-state index in [1.54, 1.807) is 43.8 Å². The maximum Gasteiger partial charge on any atom is 0.255 e. The van der Waals surface area contributed by atoms with E-state index >= 15 is 0 Å². The van der Waals surface area contributed by atoms with E-state index in [0.717, 1.165) is 11.0 Å². The monoisotopic (exact) mass is 315 g/mol. The normalized spacial score (nSPS) is 10.7. The second-order valence-electron chi connectivity index (χ2n) is 4.86. The molecule has 0 aliphatic carbocycles. The number of anilines is 1. The fourth-order valence-corrected chi connectivity index (χ4v) is 2.42. The number of hydrogen-bond acceptors (Lipinski definition) is 3. The highest BCUT2D eigenvalue weighted by atomic mass is 35.5. The number of benzene rings is 2. The third-order valence-electron chi connectivity index (χ3n) is 3.40. The first-order valence-electron chi connectivity index (χ1n) is 6.64. The molecular formula is C16H14ClN3O2. The number of halogens is 1. The molecule has 3 rings (SSSR count). The third-order valence-corrected chi connectivity index (χ3v) is 3.63. The molecule has 0 bridgehead atoms. The highest BCUT2D eigenvalue weighted by Crippen LogP contribution is 2.28. The predicted molar refractivity (Wildman–Crippen MR) is 86.7 cm³/mol. The SMILES string of the molecule is COc1ccc(Cl)cc1NC(=O)c1ccc2c(c1)ncn2C. The van der Waals surface area contributed by atoms with E-state index < -0.39 is 0 Å². The summed E-state index contributed by atoms with van der Waals surface area (Å²) >= 11 is 5.96. The number of rotatable bonds is 3. The molecule has 3 aromatic rings. The van der Waals surface area contributed by atoms with Gasteiger partial charge in [0.2, 0.25) is 0 Å². The van der Waals surface area contributed by atoms with E-state index in [1.807, 2.05) is 17.7 Å². The van der Waals surface area contributed by atoms with Gasteiger partial charge in [-0.2, -0.15) is 0 Å². The zero-order valence-electron chi connectivity index (χ0n) is 12.1. The zero-order valence-corrected chi connectivity index (χ0v) is 12.9. The van der Waals surface area contributed by atoms with Crippen LogP contribution in [-0.4, -0.2) is 22.6 Å². The van der Waals surface area contributed by atoms with E-state index in [9.17, 15) is 4.79 Å². The number of methoxy groups -OCH3 is 1. The zero-order chi connectivity index (χ0) is 15.7. The third kappa shape index (κ3) is 2.63. The van der Waals surface area contributed by atoms with E-state index in [1.165, 1.54) is 0 Å². The standard InChI is InChI=1S/C16H14ClN3O2/c1-20-9-18-12-7-10(3-5-14(12)20)16(21)19-13-8-11(17)4-6-15(13)22-2/h3-9H,1-2H3,(H,19,21). The van der Waals surface area contributed by atoms with Crippen LogP contribution in [0.4, 0.5) is 5.69 Å². The predicted octanol–water partition coefficient (Wildman–Crippen LogP) is 3.49. The molecule has 112 valence electrons. The minimum absolute atomic E-state index is 0.242. The minimum atomic E-state index is -0.242. The number of amides is 1. The van der Waals surface area contributed by atoms with Gasteiger partial charge in [0.1, 0.15) is 5.75 Å². The number of carbonyl (C=O) groups excluding carboxylic acids is 1. The van der Waals surface area contributed by atoms with Gasteiger partial charge >= 0.3 is 0 Å². The van der Waals surface area contributed by atoms with Crippen molar-refractivity contribution in [1.82, 2.24) is 9.55 Å². The molecule has 0 radical (unpaired) electrons. The molecule has 0 fully saturated rings. The molecule has 0 aliphatic rings. The number of hydrogen-bond donors (Lipinski definition) is 1. The molecule has 0 unspecified atom stereocenters. The lowest BCUT2D eigenvalue weighted by molar-refractivity contribution is 0.102. The van der Waals surface area contributed by atoms with E-state index in [0.29, 0.717) is 22.0 Å². The first-order valence-corrected chi connectivity index (χ1v) is 7.02. The Morgan fingerprint density at radius 3 is 2.86 bits per heavy atom. The molecule has 0 aliphatic heterocycles. The number of aryl methyl sites for hydroxylation is 1. The quantitative estimate of drug-likeness (QED) is 0.805. The highest BCUT2D eigenvalue weighted by molar-refractivity contribution is 6.31. The lowest BCUT2D eigenvalue weighted by Gasteiger charge is -2.10. The first kappa shape index (κ1) is 14.4. The van der Waals surface area contributed by atoms with Crippen LogP contribution in [0.1, 0.15) is 10.4 Å². The van der Waals surface area contributed by atoms with Crippen molar-refractivity contribution < 1.29 is 9.53 Å². The summed E-state index contributed by atoms with van der Waals surface area (Å²) in [6, 6.07) is 10.4. The molecule has 2 aromatic carbocycles. The lowest BCUT2D eigenvalue weighted by atomic mass is 10.1. The second-order valence-corrected chi connectivity index (χ2v) is 5.29. The van der Waals surface area contributed by atoms with Gasteiger partial charge in [-0.3, -0.25) is 4.79 Å². The van der Waals surface area contributed by atoms with Gasteiger partial charge in [0.15, 0.2) is 0 Å². The number of ether oxygens (including phenoxy) is 1. The maximum absolute atomic E-state index is 12.4. The average molecular weight is 316 g/mol. The summed E-state index contributed by atoms with van der Waals surface area (Å²) in [5.41, 5.74) is 2.79. The lowest BCUT2D eigenvalue weighted by Crippen LogP contribution is -2.12. The Bertz CT molecular complexity index is 858. The van der Waals surface area contributed by atoms with Crippen molar-refractivity contribution >= 4 is 34.2 Å². The van der Waals surface area contributed by atoms with Gasteiger partial charge in [-0.1, -0.05) is 11.6 Å². The molecule has 1 amide bonds. The Hall–Kier alpha value is -2.53. The minimum Gasteiger partial charge on any atom is -0.495 e. The molecule has 6 heteroatoms. The summed E-state index contributed by atoms with van der Waals surface area (Å²) in [6.45, 7) is 0. The fraction of sp³-hybridized carbons (Fsp3) is 0.125. The summed E-state index contributed by atoms with van der Waals surface area (Å²) in [4.78, 5) is 16.7. The Balaban J connectivity index is 1.91. The van der Waals surface area contributed by atoms with E-state index in [2.05, 4.69) is 10.3 Å². The molecular weight excluding hydrogens is 302 g/mol. The van der Waals surface area contributed by atoms with Crippen LogP contribution in [0.15, 0.2) is 42.7 Å². The summed E-state index contributed by atoms with van der Waals surface area (Å²) in [7, 11) is 3.45. The Labute approximate surface area is 132 Å². The molecule has 0 spiro atoms. The van der Waals surface area contributed by atoms with Crippen molar-refractivity contribution in [3.8, 4) is 5.75 Å². The van der Waals surface area contributed by atoms with Crippen LogP contribution in [0.2, 0.25) is 5.02 Å². The van der Waals surface area contributed by atoms with Gasteiger partial charge in [-0.25, -0.2) is 4.98 Å². The number of nitrogens with one attached hydrogen (secondary N) is 1. The van der Waals surface area contributed by atoms with Gasteiger partial charge in [0, 0.05) is 17.6 Å². The van der Waals surface area contributed by atoms with Crippen molar-refractivity contribution in [2.45, 2.75) is 0 Å². The van der Waals surface area contributed by atoms with Crippen LogP contribution in [-0.2, 0) is 7.05 Å². The summed E-state index contributed by atoms with van der Waals surface area (Å²) < 4.78 is 7.12. The molecule has 1 heterocycles. The highest BCUT2D eigenvalue weighted by Gasteiger charge is 2.12. The maximum atomic E-state index is 12.4. The molecule has 1 aromatic heterocycles. The molecule has 0 saturated carbocycles. The number of fused-ring (bicyclic) bond motifs is 1. The summed E-state index contributed by atoms with van der Waals surface area (Å²) in [5.74, 6) is 0.310. The Morgan fingerprint density at radius 2 is 2.09 bits per heavy atom.